The monoisotopic (exact) mass is 280 g/mol. The van der Waals surface area contributed by atoms with Crippen molar-refractivity contribution in [3.05, 3.63) is 22.7 Å². The molecule has 0 bridgehead atoms. The highest BCUT2D eigenvalue weighted by atomic mass is 16.1. The van der Waals surface area contributed by atoms with Gasteiger partial charge in [0.15, 0.2) is 5.82 Å². The lowest BCUT2D eigenvalue weighted by molar-refractivity contribution is 0.382. The number of hydrogen-bond donors (Lipinski definition) is 1. The summed E-state index contributed by atoms with van der Waals surface area (Å²) in [6, 6.07) is 0.144. The second-order valence-electron chi connectivity index (χ2n) is 6.71. The maximum absolute atomic E-state index is 12.5. The van der Waals surface area contributed by atoms with Crippen molar-refractivity contribution >= 4 is 5.82 Å². The first-order valence-electron chi connectivity index (χ1n) is 7.19. The van der Waals surface area contributed by atoms with Crippen molar-refractivity contribution in [2.24, 2.45) is 11.7 Å². The van der Waals surface area contributed by atoms with Crippen LogP contribution in [0, 0.1) is 5.92 Å². The smallest absolute Gasteiger partial charge is 0.293 e. The minimum Gasteiger partial charge on any atom is -0.355 e. The second-order valence-corrected chi connectivity index (χ2v) is 6.71. The van der Waals surface area contributed by atoms with Gasteiger partial charge < -0.3 is 15.2 Å². The maximum atomic E-state index is 12.5. The van der Waals surface area contributed by atoms with E-state index in [1.165, 1.54) is 0 Å². The van der Waals surface area contributed by atoms with Gasteiger partial charge in [-0.1, -0.05) is 13.8 Å². The van der Waals surface area contributed by atoms with E-state index in [0.29, 0.717) is 11.7 Å². The van der Waals surface area contributed by atoms with Gasteiger partial charge in [-0.05, 0) is 33.1 Å². The first-order chi connectivity index (χ1) is 9.14. The quantitative estimate of drug-likeness (QED) is 0.893. The van der Waals surface area contributed by atoms with Crippen molar-refractivity contribution in [2.75, 3.05) is 18.5 Å². The molecule has 1 rings (SSSR count). The highest BCUT2D eigenvalue weighted by Crippen LogP contribution is 2.12. The zero-order valence-electron chi connectivity index (χ0n) is 13.6. The van der Waals surface area contributed by atoms with E-state index >= 15 is 0 Å². The molecule has 5 heteroatoms. The topological polar surface area (TPSA) is 64.2 Å². The van der Waals surface area contributed by atoms with Gasteiger partial charge in [0.1, 0.15) is 0 Å². The average Bonchev–Trinajstić information content (AvgIpc) is 2.34. The minimum absolute atomic E-state index is 0.0550. The average molecular weight is 280 g/mol. The van der Waals surface area contributed by atoms with E-state index in [0.717, 1.165) is 13.0 Å². The van der Waals surface area contributed by atoms with E-state index in [9.17, 15) is 4.79 Å². The Morgan fingerprint density at radius 1 is 1.40 bits per heavy atom. The molecule has 1 heterocycles. The molecule has 2 N–H and O–H groups in total. The van der Waals surface area contributed by atoms with Crippen LogP contribution in [-0.2, 0) is 5.54 Å². The van der Waals surface area contributed by atoms with Gasteiger partial charge in [0.2, 0.25) is 0 Å². The van der Waals surface area contributed by atoms with E-state index in [-0.39, 0.29) is 17.1 Å². The Balaban J connectivity index is 2.90. The summed E-state index contributed by atoms with van der Waals surface area (Å²) >= 11 is 0. The highest BCUT2D eigenvalue weighted by molar-refractivity contribution is 5.34. The number of rotatable bonds is 5. The Bertz CT molecular complexity index is 487. The molecule has 0 saturated carbocycles. The van der Waals surface area contributed by atoms with Crippen molar-refractivity contribution in [1.29, 1.82) is 0 Å². The molecule has 5 nitrogen and oxygen atoms in total. The third-order valence-corrected chi connectivity index (χ3v) is 3.56. The molecule has 20 heavy (non-hydrogen) atoms. The van der Waals surface area contributed by atoms with Gasteiger partial charge in [-0.2, -0.15) is 0 Å². The summed E-state index contributed by atoms with van der Waals surface area (Å²) in [7, 11) is 1.89. The molecule has 0 aliphatic heterocycles. The number of aromatic nitrogens is 2. The van der Waals surface area contributed by atoms with Crippen molar-refractivity contribution in [1.82, 2.24) is 9.55 Å². The standard InChI is InChI=1S/C15H28N4O/c1-11(2)12(16)7-9-18(6)13-14(20)19(10-8-17-13)15(3,4)5/h8,10-12H,7,9,16H2,1-6H3. The molecule has 1 unspecified atom stereocenters. The molecule has 1 atom stereocenters. The molecule has 0 radical (unpaired) electrons. The lowest BCUT2D eigenvalue weighted by atomic mass is 10.0. The van der Waals surface area contributed by atoms with E-state index in [2.05, 4.69) is 18.8 Å². The molecule has 114 valence electrons. The zero-order chi connectivity index (χ0) is 15.5. The van der Waals surface area contributed by atoms with Crippen LogP contribution in [0.5, 0.6) is 0 Å². The van der Waals surface area contributed by atoms with Crippen LogP contribution in [0.15, 0.2) is 17.2 Å². The molecule has 1 aromatic rings. The fraction of sp³-hybridized carbons (Fsp3) is 0.733. The minimum atomic E-state index is -0.246. The van der Waals surface area contributed by atoms with Gasteiger partial charge in [-0.25, -0.2) is 4.98 Å². The zero-order valence-corrected chi connectivity index (χ0v) is 13.6. The van der Waals surface area contributed by atoms with Gasteiger partial charge >= 0.3 is 0 Å². The van der Waals surface area contributed by atoms with Crippen molar-refractivity contribution in [2.45, 2.75) is 52.6 Å². The van der Waals surface area contributed by atoms with Gasteiger partial charge in [-0.15, -0.1) is 0 Å². The molecule has 1 aromatic heterocycles. The molecule has 0 aromatic carbocycles. The fourth-order valence-corrected chi connectivity index (χ4v) is 1.97. The Kier molecular flexibility index (Phi) is 5.34. The second kappa shape index (κ2) is 6.39. The molecule has 0 fully saturated rings. The largest absolute Gasteiger partial charge is 0.355 e. The third kappa shape index (κ3) is 4.07. The number of nitrogens with two attached hydrogens (primary N) is 1. The fourth-order valence-electron chi connectivity index (χ4n) is 1.97. The van der Waals surface area contributed by atoms with Crippen LogP contribution in [0.3, 0.4) is 0 Å². The van der Waals surface area contributed by atoms with Crippen LogP contribution in [-0.4, -0.2) is 29.2 Å². The number of nitrogens with zero attached hydrogens (tertiary/aromatic N) is 3. The van der Waals surface area contributed by atoms with Gasteiger partial charge in [0.25, 0.3) is 5.56 Å². The van der Waals surface area contributed by atoms with E-state index < -0.39 is 0 Å². The summed E-state index contributed by atoms with van der Waals surface area (Å²) in [6.07, 6.45) is 4.26. The molecule has 0 spiro atoms. The van der Waals surface area contributed by atoms with Crippen LogP contribution in [0.25, 0.3) is 0 Å². The van der Waals surface area contributed by atoms with E-state index in [4.69, 9.17) is 5.73 Å². The molecular formula is C15H28N4O. The van der Waals surface area contributed by atoms with Crippen molar-refractivity contribution in [3.8, 4) is 0 Å². The summed E-state index contributed by atoms with van der Waals surface area (Å²) < 4.78 is 1.72. The number of hydrogen-bond acceptors (Lipinski definition) is 4. The van der Waals surface area contributed by atoms with Gasteiger partial charge in [0, 0.05) is 37.6 Å². The summed E-state index contributed by atoms with van der Waals surface area (Å²) in [4.78, 5) is 18.6. The molecule has 0 aliphatic carbocycles. The normalized spacial score (nSPS) is 13.6. The van der Waals surface area contributed by atoms with Gasteiger partial charge in [-0.3, -0.25) is 4.79 Å². The summed E-state index contributed by atoms with van der Waals surface area (Å²) in [6.45, 7) is 11.0. The third-order valence-electron chi connectivity index (χ3n) is 3.56. The summed E-state index contributed by atoms with van der Waals surface area (Å²) in [5.74, 6) is 0.928. The number of anilines is 1. The van der Waals surface area contributed by atoms with Crippen LogP contribution < -0.4 is 16.2 Å². The van der Waals surface area contributed by atoms with Crippen LogP contribution >= 0.6 is 0 Å². The maximum Gasteiger partial charge on any atom is 0.293 e. The van der Waals surface area contributed by atoms with E-state index in [1.54, 1.807) is 17.0 Å². The van der Waals surface area contributed by atoms with Crippen LogP contribution in [0.2, 0.25) is 0 Å². The molecule has 0 saturated heterocycles. The predicted molar refractivity (Wildman–Crippen MR) is 84.2 cm³/mol. The molecule has 0 aliphatic rings. The Hall–Kier alpha value is -1.36. The van der Waals surface area contributed by atoms with Crippen molar-refractivity contribution in [3.63, 3.8) is 0 Å². The lowest BCUT2D eigenvalue weighted by Crippen LogP contribution is -2.39. The van der Waals surface area contributed by atoms with Gasteiger partial charge in [0.05, 0.1) is 0 Å². The Morgan fingerprint density at radius 3 is 2.50 bits per heavy atom. The lowest BCUT2D eigenvalue weighted by Gasteiger charge is -2.25. The Morgan fingerprint density at radius 2 is 2.00 bits per heavy atom. The first-order valence-corrected chi connectivity index (χ1v) is 7.19. The van der Waals surface area contributed by atoms with Crippen LogP contribution in [0.4, 0.5) is 5.82 Å². The predicted octanol–water partition coefficient (Wildman–Crippen LogP) is 1.81. The van der Waals surface area contributed by atoms with Crippen molar-refractivity contribution < 1.29 is 0 Å². The van der Waals surface area contributed by atoms with Crippen LogP contribution in [0.1, 0.15) is 41.0 Å². The summed E-state index contributed by atoms with van der Waals surface area (Å²) in [5.41, 5.74) is 5.75. The molecular weight excluding hydrogens is 252 g/mol. The highest BCUT2D eigenvalue weighted by Gasteiger charge is 2.19. The Labute approximate surface area is 121 Å². The first kappa shape index (κ1) is 16.7. The van der Waals surface area contributed by atoms with E-state index in [1.807, 2.05) is 32.7 Å². The SMILES string of the molecule is CC(C)C(N)CCN(C)c1nccn(C(C)(C)C)c1=O. The summed E-state index contributed by atoms with van der Waals surface area (Å²) in [5, 5.41) is 0. The molecule has 0 amide bonds.